The predicted octanol–water partition coefficient (Wildman–Crippen LogP) is 3.75. The molecule has 4 heteroatoms. The van der Waals surface area contributed by atoms with Crippen LogP contribution < -0.4 is 4.90 Å². The van der Waals surface area contributed by atoms with E-state index in [1.807, 2.05) is 4.90 Å². The van der Waals surface area contributed by atoms with E-state index in [2.05, 4.69) is 49.9 Å². The molecule has 1 saturated heterocycles. The Morgan fingerprint density at radius 1 is 1.26 bits per heavy atom. The van der Waals surface area contributed by atoms with Gasteiger partial charge in [-0.2, -0.15) is 0 Å². The number of rotatable bonds is 3. The van der Waals surface area contributed by atoms with Crippen molar-refractivity contribution >= 4 is 11.6 Å². The Hall–Kier alpha value is -2.23. The zero-order chi connectivity index (χ0) is 16.4. The van der Waals surface area contributed by atoms with Gasteiger partial charge in [0.05, 0.1) is 11.8 Å². The molecule has 2 heterocycles. The van der Waals surface area contributed by atoms with Crippen LogP contribution in [-0.2, 0) is 0 Å². The second kappa shape index (κ2) is 6.49. The van der Waals surface area contributed by atoms with Crippen molar-refractivity contribution in [3.05, 3.63) is 54.0 Å². The summed E-state index contributed by atoms with van der Waals surface area (Å²) >= 11 is 0. The van der Waals surface area contributed by atoms with Crippen molar-refractivity contribution in [1.29, 1.82) is 0 Å². The molecule has 0 saturated carbocycles. The summed E-state index contributed by atoms with van der Waals surface area (Å²) in [6.45, 7) is 8.97. The number of amides is 1. The van der Waals surface area contributed by atoms with E-state index in [1.165, 1.54) is 17.5 Å². The van der Waals surface area contributed by atoms with E-state index in [-0.39, 0.29) is 11.9 Å². The summed E-state index contributed by atoms with van der Waals surface area (Å²) in [6.07, 6.45) is 3.07. The Balaban J connectivity index is 1.71. The third kappa shape index (κ3) is 3.26. The van der Waals surface area contributed by atoms with E-state index in [4.69, 9.17) is 4.42 Å². The summed E-state index contributed by atoms with van der Waals surface area (Å²) in [7, 11) is 0. The second-order valence-corrected chi connectivity index (χ2v) is 6.56. The summed E-state index contributed by atoms with van der Waals surface area (Å²) in [5.74, 6) is 0.582. The molecule has 1 amide bonds. The topological polar surface area (TPSA) is 36.7 Å². The minimum Gasteiger partial charge on any atom is -0.472 e. The molecule has 4 nitrogen and oxygen atoms in total. The monoisotopic (exact) mass is 312 g/mol. The molecule has 0 radical (unpaired) electrons. The van der Waals surface area contributed by atoms with Gasteiger partial charge in [-0.1, -0.05) is 26.0 Å². The van der Waals surface area contributed by atoms with Gasteiger partial charge in [-0.15, -0.1) is 0 Å². The van der Waals surface area contributed by atoms with Gasteiger partial charge in [-0.05, 0) is 36.6 Å². The minimum absolute atomic E-state index is 0.0573. The molecule has 23 heavy (non-hydrogen) atoms. The molecule has 0 N–H and O–H groups in total. The number of carbonyl (C=O) groups excluding carboxylic acids is 1. The Labute approximate surface area is 137 Å². The first-order valence-corrected chi connectivity index (χ1v) is 8.24. The zero-order valence-corrected chi connectivity index (χ0v) is 14.0. The summed E-state index contributed by atoms with van der Waals surface area (Å²) in [4.78, 5) is 16.8. The van der Waals surface area contributed by atoms with Crippen LogP contribution in [0.1, 0.15) is 42.6 Å². The largest absolute Gasteiger partial charge is 0.472 e. The van der Waals surface area contributed by atoms with Gasteiger partial charge < -0.3 is 14.2 Å². The maximum absolute atomic E-state index is 12.5. The first kappa shape index (κ1) is 15.7. The van der Waals surface area contributed by atoms with E-state index in [1.54, 1.807) is 12.3 Å². The van der Waals surface area contributed by atoms with Crippen LogP contribution >= 0.6 is 0 Å². The van der Waals surface area contributed by atoms with E-state index < -0.39 is 0 Å². The lowest BCUT2D eigenvalue weighted by Crippen LogP contribution is -2.54. The minimum atomic E-state index is 0.0573. The normalized spacial score (nSPS) is 18.5. The standard InChI is InChI=1S/C19H24N2O2/c1-14(2)16-5-4-6-18(11-16)20-8-9-21(15(3)12-20)19(22)17-7-10-23-13-17/h4-7,10-11,13-15H,8-9,12H2,1-3H3/t15-/m1/s1. The van der Waals surface area contributed by atoms with Gasteiger partial charge in [0, 0.05) is 31.4 Å². The summed E-state index contributed by atoms with van der Waals surface area (Å²) < 4.78 is 5.03. The molecule has 0 bridgehead atoms. The quantitative estimate of drug-likeness (QED) is 0.866. The maximum atomic E-state index is 12.5. The van der Waals surface area contributed by atoms with Gasteiger partial charge >= 0.3 is 0 Å². The van der Waals surface area contributed by atoms with Crippen LogP contribution in [0.2, 0.25) is 0 Å². The van der Waals surface area contributed by atoms with E-state index in [0.29, 0.717) is 11.5 Å². The summed E-state index contributed by atoms with van der Waals surface area (Å²) in [5.41, 5.74) is 3.23. The number of anilines is 1. The highest BCUT2D eigenvalue weighted by Crippen LogP contribution is 2.24. The molecule has 1 aromatic heterocycles. The van der Waals surface area contributed by atoms with Crippen molar-refractivity contribution in [3.8, 4) is 0 Å². The number of piperazine rings is 1. The molecule has 1 aliphatic rings. The van der Waals surface area contributed by atoms with E-state index >= 15 is 0 Å². The molecule has 0 spiro atoms. The number of benzene rings is 1. The molecule has 0 unspecified atom stereocenters. The fourth-order valence-electron chi connectivity index (χ4n) is 3.13. The first-order valence-electron chi connectivity index (χ1n) is 8.24. The van der Waals surface area contributed by atoms with Crippen LogP contribution in [0.25, 0.3) is 0 Å². The molecule has 0 aliphatic carbocycles. The smallest absolute Gasteiger partial charge is 0.257 e. The van der Waals surface area contributed by atoms with Gasteiger partial charge in [-0.3, -0.25) is 4.79 Å². The number of nitrogens with zero attached hydrogens (tertiary/aromatic N) is 2. The highest BCUT2D eigenvalue weighted by molar-refractivity contribution is 5.94. The van der Waals surface area contributed by atoms with Crippen LogP contribution in [0.15, 0.2) is 47.3 Å². The molecule has 1 aliphatic heterocycles. The van der Waals surface area contributed by atoms with Crippen LogP contribution in [0.3, 0.4) is 0 Å². The summed E-state index contributed by atoms with van der Waals surface area (Å²) in [5, 5.41) is 0. The predicted molar refractivity (Wildman–Crippen MR) is 92.0 cm³/mol. The fraction of sp³-hybridized carbons (Fsp3) is 0.421. The van der Waals surface area contributed by atoms with Crippen molar-refractivity contribution < 1.29 is 9.21 Å². The molecule has 1 atom stereocenters. The number of furan rings is 1. The lowest BCUT2D eigenvalue weighted by Gasteiger charge is -2.41. The Kier molecular flexibility index (Phi) is 4.42. The van der Waals surface area contributed by atoms with Crippen molar-refractivity contribution in [3.63, 3.8) is 0 Å². The number of carbonyl (C=O) groups is 1. The average Bonchev–Trinajstić information content (AvgIpc) is 3.08. The number of hydrogen-bond acceptors (Lipinski definition) is 3. The first-order chi connectivity index (χ1) is 11.1. The van der Waals surface area contributed by atoms with Gasteiger partial charge in [0.1, 0.15) is 6.26 Å². The average molecular weight is 312 g/mol. The summed E-state index contributed by atoms with van der Waals surface area (Å²) in [6, 6.07) is 10.6. The van der Waals surface area contributed by atoms with Gasteiger partial charge in [0.2, 0.25) is 0 Å². The number of hydrogen-bond donors (Lipinski definition) is 0. The van der Waals surface area contributed by atoms with E-state index in [9.17, 15) is 4.79 Å². The second-order valence-electron chi connectivity index (χ2n) is 6.56. The molecule has 3 rings (SSSR count). The Bertz CT molecular complexity index is 664. The highest BCUT2D eigenvalue weighted by atomic mass is 16.3. The van der Waals surface area contributed by atoms with Gasteiger partial charge in [0.15, 0.2) is 0 Å². The molecular weight excluding hydrogens is 288 g/mol. The third-order valence-electron chi connectivity index (χ3n) is 4.56. The molecule has 1 fully saturated rings. The van der Waals surface area contributed by atoms with Crippen LogP contribution in [0, 0.1) is 0 Å². The van der Waals surface area contributed by atoms with Crippen LogP contribution in [0.4, 0.5) is 5.69 Å². The molecule has 122 valence electrons. The van der Waals surface area contributed by atoms with E-state index in [0.717, 1.165) is 19.6 Å². The maximum Gasteiger partial charge on any atom is 0.257 e. The van der Waals surface area contributed by atoms with Crippen molar-refractivity contribution in [2.24, 2.45) is 0 Å². The van der Waals surface area contributed by atoms with Crippen molar-refractivity contribution in [2.45, 2.75) is 32.7 Å². The Morgan fingerprint density at radius 2 is 2.09 bits per heavy atom. The Morgan fingerprint density at radius 3 is 2.74 bits per heavy atom. The van der Waals surface area contributed by atoms with Crippen molar-refractivity contribution in [1.82, 2.24) is 4.90 Å². The molecular formula is C19H24N2O2. The van der Waals surface area contributed by atoms with Gasteiger partial charge in [0.25, 0.3) is 5.91 Å². The zero-order valence-electron chi connectivity index (χ0n) is 14.0. The lowest BCUT2D eigenvalue weighted by atomic mass is 10.0. The van der Waals surface area contributed by atoms with Crippen LogP contribution in [0.5, 0.6) is 0 Å². The highest BCUT2D eigenvalue weighted by Gasteiger charge is 2.28. The van der Waals surface area contributed by atoms with Crippen LogP contribution in [-0.4, -0.2) is 36.5 Å². The lowest BCUT2D eigenvalue weighted by molar-refractivity contribution is 0.0673. The SMILES string of the molecule is CC(C)c1cccc(N2CCN(C(=O)c3ccoc3)[C@H](C)C2)c1. The van der Waals surface area contributed by atoms with Gasteiger partial charge in [-0.25, -0.2) is 0 Å². The fourth-order valence-corrected chi connectivity index (χ4v) is 3.13. The molecule has 2 aromatic rings. The van der Waals surface area contributed by atoms with Crippen molar-refractivity contribution in [2.75, 3.05) is 24.5 Å². The molecule has 1 aromatic carbocycles. The third-order valence-corrected chi connectivity index (χ3v) is 4.56.